The summed E-state index contributed by atoms with van der Waals surface area (Å²) in [6.07, 6.45) is 0. The summed E-state index contributed by atoms with van der Waals surface area (Å²) in [7, 11) is 3.13. The van der Waals surface area contributed by atoms with Crippen molar-refractivity contribution in [1.29, 1.82) is 0 Å². The second kappa shape index (κ2) is 7.37. The molecular weight excluding hydrogens is 260 g/mol. The van der Waals surface area contributed by atoms with Gasteiger partial charge in [-0.05, 0) is 19.1 Å². The van der Waals surface area contributed by atoms with E-state index in [-0.39, 0.29) is 11.8 Å². The molecular formula is C14H20N2O4. The molecule has 0 aliphatic carbocycles. The normalized spacial score (nSPS) is 11.4. The van der Waals surface area contributed by atoms with Gasteiger partial charge in [-0.1, -0.05) is 0 Å². The number of benzene rings is 1. The van der Waals surface area contributed by atoms with Crippen LogP contribution in [0.2, 0.25) is 0 Å². The molecule has 6 nitrogen and oxygen atoms in total. The Morgan fingerprint density at radius 1 is 1.25 bits per heavy atom. The van der Waals surface area contributed by atoms with Crippen LogP contribution >= 0.6 is 0 Å². The maximum absolute atomic E-state index is 11.8. The Morgan fingerprint density at radius 3 is 2.50 bits per heavy atom. The zero-order valence-electron chi connectivity index (χ0n) is 12.1. The van der Waals surface area contributed by atoms with Crippen LogP contribution in [0.4, 0.5) is 0 Å². The lowest BCUT2D eigenvalue weighted by Crippen LogP contribution is -2.43. The van der Waals surface area contributed by atoms with E-state index >= 15 is 0 Å². The molecule has 20 heavy (non-hydrogen) atoms. The van der Waals surface area contributed by atoms with E-state index in [1.807, 2.05) is 6.07 Å². The molecule has 0 aliphatic rings. The topological polar surface area (TPSA) is 76.7 Å². The fourth-order valence-corrected chi connectivity index (χ4v) is 1.70. The van der Waals surface area contributed by atoms with Crippen LogP contribution in [0.1, 0.15) is 19.4 Å². The van der Waals surface area contributed by atoms with Crippen molar-refractivity contribution in [3.8, 4) is 11.5 Å². The van der Waals surface area contributed by atoms with Gasteiger partial charge in [0.2, 0.25) is 11.8 Å². The Labute approximate surface area is 118 Å². The third-order valence-electron chi connectivity index (χ3n) is 2.76. The molecule has 0 saturated heterocycles. The van der Waals surface area contributed by atoms with Crippen LogP contribution < -0.4 is 20.1 Å². The second-order valence-corrected chi connectivity index (χ2v) is 4.32. The van der Waals surface area contributed by atoms with Crippen LogP contribution in [0, 0.1) is 0 Å². The molecule has 110 valence electrons. The number of rotatable bonds is 6. The van der Waals surface area contributed by atoms with Gasteiger partial charge >= 0.3 is 0 Å². The van der Waals surface area contributed by atoms with Crippen molar-refractivity contribution >= 4 is 11.8 Å². The molecule has 2 amide bonds. The Hall–Kier alpha value is -2.24. The predicted octanol–water partition coefficient (Wildman–Crippen LogP) is 0.845. The molecule has 6 heteroatoms. The number of carbonyl (C=O) groups is 2. The summed E-state index contributed by atoms with van der Waals surface area (Å²) in [5.74, 6) is 0.827. The number of methoxy groups -OCH3 is 2. The van der Waals surface area contributed by atoms with Crippen LogP contribution in [0.15, 0.2) is 18.2 Å². The highest BCUT2D eigenvalue weighted by Crippen LogP contribution is 2.24. The number of hydrogen-bond donors (Lipinski definition) is 2. The largest absolute Gasteiger partial charge is 0.497 e. The predicted molar refractivity (Wildman–Crippen MR) is 74.7 cm³/mol. The summed E-state index contributed by atoms with van der Waals surface area (Å²) in [5, 5.41) is 5.27. The van der Waals surface area contributed by atoms with Crippen molar-refractivity contribution in [3.63, 3.8) is 0 Å². The van der Waals surface area contributed by atoms with E-state index < -0.39 is 6.04 Å². The van der Waals surface area contributed by atoms with Gasteiger partial charge in [-0.3, -0.25) is 9.59 Å². The minimum Gasteiger partial charge on any atom is -0.497 e. The monoisotopic (exact) mass is 280 g/mol. The summed E-state index contributed by atoms with van der Waals surface area (Å²) >= 11 is 0. The van der Waals surface area contributed by atoms with Crippen molar-refractivity contribution in [2.75, 3.05) is 14.2 Å². The molecule has 0 bridgehead atoms. The lowest BCUT2D eigenvalue weighted by Gasteiger charge is -2.14. The molecule has 0 aromatic heterocycles. The molecule has 0 heterocycles. The Bertz CT molecular complexity index is 488. The van der Waals surface area contributed by atoms with Gasteiger partial charge in [0.15, 0.2) is 0 Å². The zero-order valence-corrected chi connectivity index (χ0v) is 12.1. The van der Waals surface area contributed by atoms with Crippen molar-refractivity contribution in [2.45, 2.75) is 26.4 Å². The molecule has 1 atom stereocenters. The molecule has 1 rings (SSSR count). The fourth-order valence-electron chi connectivity index (χ4n) is 1.70. The average Bonchev–Trinajstić information content (AvgIpc) is 2.43. The Balaban J connectivity index is 2.65. The van der Waals surface area contributed by atoms with Crippen LogP contribution in [0.3, 0.4) is 0 Å². The minimum absolute atomic E-state index is 0.241. The maximum Gasteiger partial charge on any atom is 0.242 e. The lowest BCUT2D eigenvalue weighted by molar-refractivity contribution is -0.127. The van der Waals surface area contributed by atoms with Crippen molar-refractivity contribution in [2.24, 2.45) is 0 Å². The summed E-state index contributed by atoms with van der Waals surface area (Å²) in [6, 6.07) is 4.79. The molecule has 0 saturated carbocycles. The van der Waals surface area contributed by atoms with E-state index in [1.54, 1.807) is 33.3 Å². The minimum atomic E-state index is -0.572. The van der Waals surface area contributed by atoms with Crippen LogP contribution in [0.5, 0.6) is 11.5 Å². The average molecular weight is 280 g/mol. The molecule has 1 aromatic rings. The van der Waals surface area contributed by atoms with Gasteiger partial charge in [-0.15, -0.1) is 0 Å². The number of amides is 2. The van der Waals surface area contributed by atoms with Crippen LogP contribution in [-0.2, 0) is 16.1 Å². The van der Waals surface area contributed by atoms with E-state index in [1.165, 1.54) is 6.92 Å². The van der Waals surface area contributed by atoms with E-state index in [0.29, 0.717) is 18.0 Å². The van der Waals surface area contributed by atoms with Gasteiger partial charge in [-0.25, -0.2) is 0 Å². The fraction of sp³-hybridized carbons (Fsp3) is 0.429. The standard InChI is InChI=1S/C14H20N2O4/c1-9(16-10(2)17)14(18)15-8-11-5-6-12(19-3)7-13(11)20-4/h5-7,9H,8H2,1-4H3,(H,15,18)(H,16,17). The first-order chi connectivity index (χ1) is 9.47. The number of hydrogen-bond acceptors (Lipinski definition) is 4. The highest BCUT2D eigenvalue weighted by atomic mass is 16.5. The summed E-state index contributed by atoms with van der Waals surface area (Å²) in [4.78, 5) is 22.7. The third kappa shape index (κ3) is 4.46. The van der Waals surface area contributed by atoms with Gasteiger partial charge in [0.1, 0.15) is 17.5 Å². The quantitative estimate of drug-likeness (QED) is 0.809. The van der Waals surface area contributed by atoms with Crippen molar-refractivity contribution in [1.82, 2.24) is 10.6 Å². The second-order valence-electron chi connectivity index (χ2n) is 4.32. The highest BCUT2D eigenvalue weighted by molar-refractivity contribution is 5.86. The lowest BCUT2D eigenvalue weighted by atomic mass is 10.2. The van der Waals surface area contributed by atoms with Crippen molar-refractivity contribution in [3.05, 3.63) is 23.8 Å². The molecule has 0 radical (unpaired) electrons. The maximum atomic E-state index is 11.8. The molecule has 1 aromatic carbocycles. The van der Waals surface area contributed by atoms with Crippen molar-refractivity contribution < 1.29 is 19.1 Å². The van der Waals surface area contributed by atoms with Gasteiger partial charge in [0.25, 0.3) is 0 Å². The first-order valence-electron chi connectivity index (χ1n) is 6.23. The summed E-state index contributed by atoms with van der Waals surface area (Å²) < 4.78 is 10.3. The smallest absolute Gasteiger partial charge is 0.242 e. The highest BCUT2D eigenvalue weighted by Gasteiger charge is 2.14. The van der Waals surface area contributed by atoms with Gasteiger partial charge in [0.05, 0.1) is 14.2 Å². The molecule has 1 unspecified atom stereocenters. The molecule has 0 spiro atoms. The van der Waals surface area contributed by atoms with Gasteiger partial charge in [-0.2, -0.15) is 0 Å². The van der Waals surface area contributed by atoms with Crippen LogP contribution in [-0.4, -0.2) is 32.1 Å². The van der Waals surface area contributed by atoms with E-state index in [9.17, 15) is 9.59 Å². The molecule has 0 aliphatic heterocycles. The van der Waals surface area contributed by atoms with Gasteiger partial charge in [0, 0.05) is 25.1 Å². The Kier molecular flexibility index (Phi) is 5.83. The summed E-state index contributed by atoms with van der Waals surface area (Å²) in [6.45, 7) is 3.31. The van der Waals surface area contributed by atoms with Crippen LogP contribution in [0.25, 0.3) is 0 Å². The first kappa shape index (κ1) is 15.8. The van der Waals surface area contributed by atoms with E-state index in [4.69, 9.17) is 9.47 Å². The number of carbonyl (C=O) groups excluding carboxylic acids is 2. The molecule has 0 fully saturated rings. The summed E-state index contributed by atoms with van der Waals surface area (Å²) in [5.41, 5.74) is 0.830. The molecule has 2 N–H and O–H groups in total. The van der Waals surface area contributed by atoms with Gasteiger partial charge < -0.3 is 20.1 Å². The number of ether oxygens (including phenoxy) is 2. The Morgan fingerprint density at radius 2 is 1.95 bits per heavy atom. The van der Waals surface area contributed by atoms with E-state index in [2.05, 4.69) is 10.6 Å². The SMILES string of the molecule is COc1ccc(CNC(=O)C(C)NC(C)=O)c(OC)c1. The number of nitrogens with one attached hydrogen (secondary N) is 2. The van der Waals surface area contributed by atoms with E-state index in [0.717, 1.165) is 5.56 Å². The first-order valence-corrected chi connectivity index (χ1v) is 6.23. The third-order valence-corrected chi connectivity index (χ3v) is 2.76. The zero-order chi connectivity index (χ0) is 15.1.